The number of nitrogens with zero attached hydrogens (tertiary/aromatic N) is 3. The number of halogens is 1. The van der Waals surface area contributed by atoms with E-state index < -0.39 is 0 Å². The molecule has 1 aromatic heterocycles. The predicted octanol–water partition coefficient (Wildman–Crippen LogP) is 5.44. The van der Waals surface area contributed by atoms with Gasteiger partial charge in [-0.05, 0) is 31.4 Å². The van der Waals surface area contributed by atoms with Gasteiger partial charge in [0.05, 0.1) is 22.4 Å². The van der Waals surface area contributed by atoms with Gasteiger partial charge in [-0.2, -0.15) is 0 Å². The molecule has 0 saturated carbocycles. The lowest BCUT2D eigenvalue weighted by atomic mass is 10.0. The number of hydrogen-bond acceptors (Lipinski definition) is 5. The maximum absolute atomic E-state index is 12.9. The molecule has 0 aliphatic rings. The smallest absolute Gasteiger partial charge is 0.253 e. The summed E-state index contributed by atoms with van der Waals surface area (Å²) in [5, 5.41) is 12.9. The van der Waals surface area contributed by atoms with Crippen LogP contribution in [0.3, 0.4) is 0 Å². The van der Waals surface area contributed by atoms with E-state index in [0.717, 1.165) is 0 Å². The Hall–Kier alpha value is -2.64. The fourth-order valence-corrected chi connectivity index (χ4v) is 4.51. The molecule has 0 spiro atoms. The molecule has 0 aliphatic carbocycles. The standard InChI is InChI=1S/C24H27ClN4O2S/c1-4-29-22(27-28-24(29)32-15-21(30)17-10-6-5-7-11-17)20(14-16(2)3)26-23(31)18-12-8-9-13-19(18)25/h5-13,16,20H,4,14-15H2,1-3H3,(H,26,31)/t20-/m0/s1. The van der Waals surface area contributed by atoms with E-state index in [4.69, 9.17) is 11.6 Å². The Morgan fingerprint density at radius 1 is 1.06 bits per heavy atom. The summed E-state index contributed by atoms with van der Waals surface area (Å²) >= 11 is 7.56. The maximum Gasteiger partial charge on any atom is 0.253 e. The fourth-order valence-electron chi connectivity index (χ4n) is 3.38. The molecule has 0 unspecified atom stereocenters. The van der Waals surface area contributed by atoms with Crippen molar-refractivity contribution in [2.45, 2.75) is 44.9 Å². The van der Waals surface area contributed by atoms with Gasteiger partial charge in [0.2, 0.25) is 0 Å². The van der Waals surface area contributed by atoms with Crippen LogP contribution in [-0.2, 0) is 6.54 Å². The minimum atomic E-state index is -0.328. The Kier molecular flexibility index (Phi) is 8.47. The second-order valence-corrected chi connectivity index (χ2v) is 9.15. The van der Waals surface area contributed by atoms with Crippen LogP contribution in [0.15, 0.2) is 59.8 Å². The molecule has 0 aliphatic heterocycles. The molecule has 8 heteroatoms. The van der Waals surface area contributed by atoms with Crippen molar-refractivity contribution in [3.63, 3.8) is 0 Å². The molecule has 1 atom stereocenters. The van der Waals surface area contributed by atoms with Gasteiger partial charge in [-0.25, -0.2) is 0 Å². The van der Waals surface area contributed by atoms with Crippen molar-refractivity contribution in [1.29, 1.82) is 0 Å². The normalized spacial score (nSPS) is 12.0. The van der Waals surface area contributed by atoms with Crippen LogP contribution < -0.4 is 5.32 Å². The van der Waals surface area contributed by atoms with E-state index in [9.17, 15) is 9.59 Å². The summed E-state index contributed by atoms with van der Waals surface area (Å²) in [6.07, 6.45) is 0.696. The molecule has 0 radical (unpaired) electrons. The molecule has 1 amide bonds. The van der Waals surface area contributed by atoms with Crippen molar-refractivity contribution in [3.8, 4) is 0 Å². The number of hydrogen-bond donors (Lipinski definition) is 1. The second-order valence-electron chi connectivity index (χ2n) is 7.80. The van der Waals surface area contributed by atoms with Crippen LogP contribution in [0.5, 0.6) is 0 Å². The molecule has 1 heterocycles. The molecular weight excluding hydrogens is 444 g/mol. The third kappa shape index (κ3) is 5.99. The summed E-state index contributed by atoms with van der Waals surface area (Å²) in [6.45, 7) is 6.81. The number of ketones is 1. The summed E-state index contributed by atoms with van der Waals surface area (Å²) in [5.41, 5.74) is 1.10. The van der Waals surface area contributed by atoms with Crippen molar-refractivity contribution in [2.75, 3.05) is 5.75 Å². The van der Waals surface area contributed by atoms with Crippen LogP contribution in [0.2, 0.25) is 5.02 Å². The number of thioether (sulfide) groups is 1. The van der Waals surface area contributed by atoms with Crippen LogP contribution in [0.1, 0.15) is 59.8 Å². The molecule has 2 aromatic carbocycles. The highest BCUT2D eigenvalue weighted by Gasteiger charge is 2.25. The topological polar surface area (TPSA) is 76.9 Å². The summed E-state index contributed by atoms with van der Waals surface area (Å²) in [5.74, 6) is 1.05. The van der Waals surface area contributed by atoms with Gasteiger partial charge >= 0.3 is 0 Å². The molecule has 1 N–H and O–H groups in total. The van der Waals surface area contributed by atoms with E-state index in [2.05, 4.69) is 29.4 Å². The quantitative estimate of drug-likeness (QED) is 0.315. The highest BCUT2D eigenvalue weighted by Crippen LogP contribution is 2.26. The first-order chi connectivity index (χ1) is 15.4. The Balaban J connectivity index is 1.79. The number of carbonyl (C=O) groups excluding carboxylic acids is 2. The van der Waals surface area contributed by atoms with Crippen molar-refractivity contribution in [3.05, 3.63) is 76.6 Å². The Morgan fingerprint density at radius 3 is 2.41 bits per heavy atom. The zero-order chi connectivity index (χ0) is 23.1. The van der Waals surface area contributed by atoms with Crippen LogP contribution in [0, 0.1) is 5.92 Å². The lowest BCUT2D eigenvalue weighted by Crippen LogP contribution is -2.31. The van der Waals surface area contributed by atoms with E-state index in [-0.39, 0.29) is 23.5 Å². The largest absolute Gasteiger partial charge is 0.342 e. The van der Waals surface area contributed by atoms with Crippen molar-refractivity contribution in [1.82, 2.24) is 20.1 Å². The monoisotopic (exact) mass is 470 g/mol. The molecule has 168 valence electrons. The van der Waals surface area contributed by atoms with E-state index in [1.165, 1.54) is 11.8 Å². The van der Waals surface area contributed by atoms with Crippen molar-refractivity contribution >= 4 is 35.1 Å². The van der Waals surface area contributed by atoms with Gasteiger partial charge in [0, 0.05) is 12.1 Å². The Morgan fingerprint density at radius 2 is 1.75 bits per heavy atom. The highest BCUT2D eigenvalue weighted by molar-refractivity contribution is 7.99. The SMILES string of the molecule is CCn1c(SCC(=O)c2ccccc2)nnc1[C@H](CC(C)C)NC(=O)c1ccccc1Cl. The minimum absolute atomic E-state index is 0.0357. The maximum atomic E-state index is 12.9. The van der Waals surface area contributed by atoms with Gasteiger partial charge in [0.1, 0.15) is 0 Å². The van der Waals surface area contributed by atoms with E-state index in [0.29, 0.717) is 46.0 Å². The molecular formula is C24H27ClN4O2S. The third-order valence-corrected chi connectivity index (χ3v) is 6.23. The van der Waals surface area contributed by atoms with Crippen LogP contribution >= 0.6 is 23.4 Å². The summed E-state index contributed by atoms with van der Waals surface area (Å²) in [7, 11) is 0. The van der Waals surface area contributed by atoms with Gasteiger partial charge in [0.15, 0.2) is 16.8 Å². The number of aromatic nitrogens is 3. The first-order valence-corrected chi connectivity index (χ1v) is 12.0. The van der Waals surface area contributed by atoms with Crippen LogP contribution in [0.4, 0.5) is 0 Å². The lowest BCUT2D eigenvalue weighted by molar-refractivity contribution is 0.0928. The van der Waals surface area contributed by atoms with Gasteiger partial charge < -0.3 is 9.88 Å². The van der Waals surface area contributed by atoms with Crippen LogP contribution in [-0.4, -0.2) is 32.2 Å². The zero-order valence-corrected chi connectivity index (χ0v) is 20.0. The van der Waals surface area contributed by atoms with Gasteiger partial charge in [-0.15, -0.1) is 10.2 Å². The summed E-state index contributed by atoms with van der Waals surface area (Å²) in [4.78, 5) is 25.4. The molecule has 0 fully saturated rings. The highest BCUT2D eigenvalue weighted by atomic mass is 35.5. The lowest BCUT2D eigenvalue weighted by Gasteiger charge is -2.21. The van der Waals surface area contributed by atoms with E-state index in [1.807, 2.05) is 41.8 Å². The predicted molar refractivity (Wildman–Crippen MR) is 128 cm³/mol. The number of amides is 1. The molecule has 3 rings (SSSR count). The minimum Gasteiger partial charge on any atom is -0.342 e. The molecule has 32 heavy (non-hydrogen) atoms. The first-order valence-electron chi connectivity index (χ1n) is 10.6. The summed E-state index contributed by atoms with van der Waals surface area (Å²) < 4.78 is 1.96. The fraction of sp³-hybridized carbons (Fsp3) is 0.333. The average molecular weight is 471 g/mol. The molecule has 0 saturated heterocycles. The number of rotatable bonds is 10. The third-order valence-electron chi connectivity index (χ3n) is 4.93. The second kappa shape index (κ2) is 11.3. The van der Waals surface area contributed by atoms with Crippen molar-refractivity contribution in [2.24, 2.45) is 5.92 Å². The number of nitrogens with one attached hydrogen (secondary N) is 1. The Labute approximate surface area is 197 Å². The van der Waals surface area contributed by atoms with Gasteiger partial charge in [-0.3, -0.25) is 9.59 Å². The van der Waals surface area contributed by atoms with E-state index >= 15 is 0 Å². The van der Waals surface area contributed by atoms with Gasteiger partial charge in [0.25, 0.3) is 5.91 Å². The van der Waals surface area contributed by atoms with Crippen LogP contribution in [0.25, 0.3) is 0 Å². The first kappa shape index (κ1) is 24.0. The Bertz CT molecular complexity index is 1070. The number of carbonyl (C=O) groups is 2. The average Bonchev–Trinajstić information content (AvgIpc) is 3.20. The summed E-state index contributed by atoms with van der Waals surface area (Å²) in [6, 6.07) is 15.8. The molecule has 3 aromatic rings. The number of benzene rings is 2. The molecule has 6 nitrogen and oxygen atoms in total. The molecule has 0 bridgehead atoms. The van der Waals surface area contributed by atoms with Gasteiger partial charge in [-0.1, -0.05) is 79.7 Å². The number of Topliss-reactive ketones (excluding diaryl/α,β-unsaturated/α-hetero) is 1. The van der Waals surface area contributed by atoms with Crippen molar-refractivity contribution < 1.29 is 9.59 Å². The zero-order valence-electron chi connectivity index (χ0n) is 18.4. The van der Waals surface area contributed by atoms with E-state index in [1.54, 1.807) is 24.3 Å².